The van der Waals surface area contributed by atoms with Gasteiger partial charge in [0.2, 0.25) is 0 Å². The van der Waals surface area contributed by atoms with Crippen molar-refractivity contribution in [1.82, 2.24) is 0 Å². The van der Waals surface area contributed by atoms with Crippen molar-refractivity contribution in [2.45, 2.75) is 76.5 Å². The fourth-order valence-electron chi connectivity index (χ4n) is 5.49. The van der Waals surface area contributed by atoms with E-state index in [4.69, 9.17) is 28.4 Å². The van der Waals surface area contributed by atoms with E-state index in [1.165, 1.54) is 11.6 Å². The molecule has 7 nitrogen and oxygen atoms in total. The smallest absolute Gasteiger partial charge is 0.331 e. The zero-order chi connectivity index (χ0) is 25.2. The lowest BCUT2D eigenvalue weighted by molar-refractivity contribution is -0.166. The Morgan fingerprint density at radius 3 is 2.63 bits per heavy atom. The molecule has 1 aromatic carbocycles. The second-order valence-corrected chi connectivity index (χ2v) is 10.0. The fraction of sp³-hybridized carbons (Fsp3) is 0.607. The molecule has 1 aromatic rings. The van der Waals surface area contributed by atoms with Crippen LogP contribution in [-0.2, 0) is 23.7 Å². The van der Waals surface area contributed by atoms with Crippen LogP contribution in [-0.4, -0.2) is 62.9 Å². The number of hydrogen-bond donors (Lipinski definition) is 0. The minimum Gasteiger partial charge on any atom is -0.493 e. The minimum atomic E-state index is -0.403. The van der Waals surface area contributed by atoms with E-state index in [9.17, 15) is 4.79 Å². The van der Waals surface area contributed by atoms with Gasteiger partial charge in [0, 0.05) is 13.2 Å². The number of carbonyl (C=O) groups excluding carboxylic acids is 1. The fourth-order valence-corrected chi connectivity index (χ4v) is 5.49. The van der Waals surface area contributed by atoms with Crippen LogP contribution in [0.5, 0.6) is 11.5 Å². The summed E-state index contributed by atoms with van der Waals surface area (Å²) in [6.45, 7) is 9.49. The second kappa shape index (κ2) is 10.3. The molecule has 4 rings (SSSR count). The number of benzene rings is 1. The largest absolute Gasteiger partial charge is 0.493 e. The Hall–Kier alpha value is -2.35. The standard InChI is InChI=1S/C28H38O7/c1-7-32-20-11-9-19(16-22(20)30-5)10-13-24(29)34-21-14-15-28(17-33-28)26(25(21)31-6)27(4)23(35-27)12-8-18(2)3/h8-11,13,16,21,23,25-26H,7,12,14-15,17H2,1-6H3/b13-10+/t21-,23?,25-,26?,27-,28+/m1/s1. The first-order valence-electron chi connectivity index (χ1n) is 12.4. The summed E-state index contributed by atoms with van der Waals surface area (Å²) in [4.78, 5) is 12.8. The molecule has 0 amide bonds. The summed E-state index contributed by atoms with van der Waals surface area (Å²) in [5.74, 6) is 0.883. The minimum absolute atomic E-state index is 0.00135. The van der Waals surface area contributed by atoms with Crippen LogP contribution < -0.4 is 9.47 Å². The molecule has 35 heavy (non-hydrogen) atoms. The molecule has 2 unspecified atom stereocenters. The van der Waals surface area contributed by atoms with Crippen molar-refractivity contribution in [1.29, 1.82) is 0 Å². The van der Waals surface area contributed by atoms with E-state index < -0.39 is 5.97 Å². The molecule has 6 atom stereocenters. The molecule has 192 valence electrons. The van der Waals surface area contributed by atoms with E-state index in [2.05, 4.69) is 26.8 Å². The van der Waals surface area contributed by atoms with Crippen LogP contribution in [0.25, 0.3) is 6.08 Å². The van der Waals surface area contributed by atoms with Crippen molar-refractivity contribution in [2.75, 3.05) is 27.4 Å². The number of ether oxygens (including phenoxy) is 6. The molecule has 1 spiro atoms. The van der Waals surface area contributed by atoms with E-state index in [1.54, 1.807) is 20.3 Å². The Bertz CT molecular complexity index is 976. The lowest BCUT2D eigenvalue weighted by Gasteiger charge is -2.42. The molecule has 0 bridgehead atoms. The van der Waals surface area contributed by atoms with Crippen molar-refractivity contribution >= 4 is 12.0 Å². The number of hydrogen-bond acceptors (Lipinski definition) is 7. The molecule has 1 saturated carbocycles. The third-order valence-corrected chi connectivity index (χ3v) is 7.40. The highest BCUT2D eigenvalue weighted by atomic mass is 16.6. The lowest BCUT2D eigenvalue weighted by atomic mass is 9.68. The number of allylic oxidation sites excluding steroid dienone is 1. The van der Waals surface area contributed by atoms with Gasteiger partial charge in [-0.25, -0.2) is 4.79 Å². The maximum Gasteiger partial charge on any atom is 0.331 e. The number of esters is 1. The summed E-state index contributed by atoms with van der Waals surface area (Å²) in [7, 11) is 3.27. The molecule has 2 saturated heterocycles. The van der Waals surface area contributed by atoms with Crippen LogP contribution >= 0.6 is 0 Å². The molecular weight excluding hydrogens is 448 g/mol. The van der Waals surface area contributed by atoms with Crippen molar-refractivity contribution in [3.05, 3.63) is 41.5 Å². The predicted molar refractivity (Wildman–Crippen MR) is 133 cm³/mol. The Morgan fingerprint density at radius 1 is 1.23 bits per heavy atom. The van der Waals surface area contributed by atoms with Crippen molar-refractivity contribution in [3.63, 3.8) is 0 Å². The number of carbonyl (C=O) groups is 1. The van der Waals surface area contributed by atoms with Gasteiger partial charge in [0.25, 0.3) is 0 Å². The Kier molecular flexibility index (Phi) is 7.60. The summed E-state index contributed by atoms with van der Waals surface area (Å²) >= 11 is 0. The molecule has 2 heterocycles. The third-order valence-electron chi connectivity index (χ3n) is 7.40. The van der Waals surface area contributed by atoms with Gasteiger partial charge < -0.3 is 28.4 Å². The topological polar surface area (TPSA) is 79.1 Å². The van der Waals surface area contributed by atoms with Gasteiger partial charge in [-0.15, -0.1) is 0 Å². The maximum atomic E-state index is 12.8. The van der Waals surface area contributed by atoms with Crippen LogP contribution in [0, 0.1) is 5.92 Å². The normalized spacial score (nSPS) is 33.4. The van der Waals surface area contributed by atoms with Gasteiger partial charge in [-0.1, -0.05) is 17.7 Å². The summed E-state index contributed by atoms with van der Waals surface area (Å²) < 4.78 is 35.0. The first kappa shape index (κ1) is 25.7. The van der Waals surface area contributed by atoms with Gasteiger partial charge in [0.1, 0.15) is 23.4 Å². The van der Waals surface area contributed by atoms with Crippen LogP contribution in [0.3, 0.4) is 0 Å². The lowest BCUT2D eigenvalue weighted by Crippen LogP contribution is -2.55. The summed E-state index contributed by atoms with van der Waals surface area (Å²) in [5, 5.41) is 0. The van der Waals surface area contributed by atoms with Crippen LogP contribution in [0.1, 0.15) is 52.5 Å². The monoisotopic (exact) mass is 486 g/mol. The average molecular weight is 487 g/mol. The number of rotatable bonds is 10. The van der Waals surface area contributed by atoms with E-state index in [0.717, 1.165) is 18.4 Å². The van der Waals surface area contributed by atoms with Gasteiger partial charge in [0.15, 0.2) is 11.5 Å². The molecule has 2 aliphatic heterocycles. The van der Waals surface area contributed by atoms with Crippen molar-refractivity contribution in [2.24, 2.45) is 5.92 Å². The highest BCUT2D eigenvalue weighted by Crippen LogP contribution is 2.59. The first-order chi connectivity index (χ1) is 16.8. The second-order valence-electron chi connectivity index (χ2n) is 10.0. The first-order valence-corrected chi connectivity index (χ1v) is 12.4. The summed E-state index contributed by atoms with van der Waals surface area (Å²) in [6.07, 6.45) is 7.21. The zero-order valence-corrected chi connectivity index (χ0v) is 21.7. The predicted octanol–water partition coefficient (Wildman–Crippen LogP) is 4.73. The summed E-state index contributed by atoms with van der Waals surface area (Å²) in [5.41, 5.74) is 1.49. The molecular formula is C28H38O7. The van der Waals surface area contributed by atoms with E-state index in [1.807, 2.05) is 25.1 Å². The van der Waals surface area contributed by atoms with E-state index >= 15 is 0 Å². The Balaban J connectivity index is 1.44. The third kappa shape index (κ3) is 5.42. The molecule has 0 aromatic heterocycles. The molecule has 3 aliphatic rings. The number of epoxide rings is 2. The highest BCUT2D eigenvalue weighted by molar-refractivity contribution is 5.87. The van der Waals surface area contributed by atoms with Gasteiger partial charge in [-0.2, -0.15) is 0 Å². The van der Waals surface area contributed by atoms with Crippen LogP contribution in [0.2, 0.25) is 0 Å². The maximum absolute atomic E-state index is 12.8. The van der Waals surface area contributed by atoms with Gasteiger partial charge in [-0.05, 0) is 70.7 Å². The number of methoxy groups -OCH3 is 2. The SMILES string of the molecule is CCOc1ccc(/C=C/C(=O)O[C@@H]2CC[C@]3(CO3)C([C@]3(C)OC3CC=C(C)C)[C@@H]2OC)cc1OC. The highest BCUT2D eigenvalue weighted by Gasteiger charge is 2.72. The average Bonchev–Trinajstić information content (AvgIpc) is 3.75. The van der Waals surface area contributed by atoms with Gasteiger partial charge in [-0.3, -0.25) is 0 Å². The molecule has 0 radical (unpaired) electrons. The van der Waals surface area contributed by atoms with Crippen molar-refractivity contribution in [3.8, 4) is 11.5 Å². The van der Waals surface area contributed by atoms with Crippen LogP contribution in [0.4, 0.5) is 0 Å². The Morgan fingerprint density at radius 2 is 2.00 bits per heavy atom. The molecule has 7 heteroatoms. The quantitative estimate of drug-likeness (QED) is 0.205. The van der Waals surface area contributed by atoms with Gasteiger partial charge >= 0.3 is 5.97 Å². The summed E-state index contributed by atoms with van der Waals surface area (Å²) in [6, 6.07) is 5.53. The molecule has 3 fully saturated rings. The Labute approximate surface area is 208 Å². The van der Waals surface area contributed by atoms with E-state index in [-0.39, 0.29) is 35.4 Å². The van der Waals surface area contributed by atoms with Crippen molar-refractivity contribution < 1.29 is 33.2 Å². The van der Waals surface area contributed by atoms with Gasteiger partial charge in [0.05, 0.1) is 32.3 Å². The van der Waals surface area contributed by atoms with Crippen LogP contribution in [0.15, 0.2) is 35.9 Å². The molecule has 0 N–H and O–H groups in total. The van der Waals surface area contributed by atoms with E-state index in [0.29, 0.717) is 31.1 Å². The zero-order valence-electron chi connectivity index (χ0n) is 21.7. The molecule has 1 aliphatic carbocycles.